The van der Waals surface area contributed by atoms with Gasteiger partial charge in [0.2, 0.25) is 0 Å². The van der Waals surface area contributed by atoms with E-state index in [9.17, 15) is 0 Å². The highest BCUT2D eigenvalue weighted by Gasteiger charge is 2.10. The SMILES string of the molecule is CNC(C)c1ccc(OC)c(-c2ccc(CN(C)C)cc2)c1. The van der Waals surface area contributed by atoms with E-state index in [1.807, 2.05) is 13.1 Å². The summed E-state index contributed by atoms with van der Waals surface area (Å²) >= 11 is 0. The van der Waals surface area contributed by atoms with Crippen LogP contribution in [0.15, 0.2) is 42.5 Å². The third-order valence-electron chi connectivity index (χ3n) is 3.92. The molecule has 0 aliphatic rings. The molecule has 0 spiro atoms. The Hall–Kier alpha value is -1.84. The molecular weight excluding hydrogens is 272 g/mol. The summed E-state index contributed by atoms with van der Waals surface area (Å²) in [7, 11) is 7.87. The second-order valence-electron chi connectivity index (χ2n) is 5.90. The standard InChI is InChI=1S/C19H26N2O/c1-14(20-2)17-10-11-19(22-5)18(12-17)16-8-6-15(7-9-16)13-21(3)4/h6-12,14,20H,13H2,1-5H3. The Kier molecular flexibility index (Phi) is 5.58. The summed E-state index contributed by atoms with van der Waals surface area (Å²) in [6, 6.07) is 15.4. The van der Waals surface area contributed by atoms with Crippen molar-refractivity contribution < 1.29 is 4.74 Å². The molecule has 0 saturated heterocycles. The Bertz CT molecular complexity index is 605. The molecule has 0 aromatic heterocycles. The summed E-state index contributed by atoms with van der Waals surface area (Å²) in [6.45, 7) is 3.11. The van der Waals surface area contributed by atoms with Gasteiger partial charge in [0, 0.05) is 18.2 Å². The second kappa shape index (κ2) is 7.43. The lowest BCUT2D eigenvalue weighted by Crippen LogP contribution is -2.12. The molecule has 3 heteroatoms. The Labute approximate surface area is 133 Å². The van der Waals surface area contributed by atoms with E-state index in [1.165, 1.54) is 16.7 Å². The number of hydrogen-bond acceptors (Lipinski definition) is 3. The minimum absolute atomic E-state index is 0.317. The maximum Gasteiger partial charge on any atom is 0.126 e. The van der Waals surface area contributed by atoms with Gasteiger partial charge in [0.15, 0.2) is 0 Å². The van der Waals surface area contributed by atoms with Crippen LogP contribution in [0.4, 0.5) is 0 Å². The molecule has 0 radical (unpaired) electrons. The van der Waals surface area contributed by atoms with Crippen molar-refractivity contribution in [2.45, 2.75) is 19.5 Å². The summed E-state index contributed by atoms with van der Waals surface area (Å²) in [5.74, 6) is 0.910. The van der Waals surface area contributed by atoms with Crippen LogP contribution in [0.1, 0.15) is 24.1 Å². The second-order valence-corrected chi connectivity index (χ2v) is 5.90. The van der Waals surface area contributed by atoms with Crippen LogP contribution in [0.2, 0.25) is 0 Å². The van der Waals surface area contributed by atoms with Crippen LogP contribution in [0.3, 0.4) is 0 Å². The summed E-state index contributed by atoms with van der Waals surface area (Å²) < 4.78 is 5.53. The zero-order valence-corrected chi connectivity index (χ0v) is 14.2. The van der Waals surface area contributed by atoms with Crippen LogP contribution in [0.25, 0.3) is 11.1 Å². The zero-order valence-electron chi connectivity index (χ0n) is 14.2. The van der Waals surface area contributed by atoms with Gasteiger partial charge in [-0.1, -0.05) is 30.3 Å². The number of benzene rings is 2. The fourth-order valence-corrected chi connectivity index (χ4v) is 2.54. The van der Waals surface area contributed by atoms with Gasteiger partial charge < -0.3 is 15.0 Å². The van der Waals surface area contributed by atoms with Crippen molar-refractivity contribution in [2.75, 3.05) is 28.3 Å². The fraction of sp³-hybridized carbons (Fsp3) is 0.368. The monoisotopic (exact) mass is 298 g/mol. The predicted octanol–water partition coefficient (Wildman–Crippen LogP) is 3.70. The lowest BCUT2D eigenvalue weighted by atomic mass is 9.98. The third kappa shape index (κ3) is 3.87. The maximum absolute atomic E-state index is 5.53. The van der Waals surface area contributed by atoms with Crippen molar-refractivity contribution in [1.82, 2.24) is 10.2 Å². The first-order valence-corrected chi connectivity index (χ1v) is 7.64. The molecule has 22 heavy (non-hydrogen) atoms. The van der Waals surface area contributed by atoms with Crippen LogP contribution in [-0.2, 0) is 6.54 Å². The molecule has 0 bridgehead atoms. The zero-order chi connectivity index (χ0) is 16.1. The molecule has 0 amide bonds. The first kappa shape index (κ1) is 16.5. The highest BCUT2D eigenvalue weighted by atomic mass is 16.5. The molecule has 0 aliphatic carbocycles. The molecule has 1 unspecified atom stereocenters. The predicted molar refractivity (Wildman–Crippen MR) is 93.3 cm³/mol. The van der Waals surface area contributed by atoms with Crippen molar-refractivity contribution in [3.63, 3.8) is 0 Å². The molecule has 0 heterocycles. The third-order valence-corrected chi connectivity index (χ3v) is 3.92. The van der Waals surface area contributed by atoms with Crippen molar-refractivity contribution in [1.29, 1.82) is 0 Å². The number of ether oxygens (including phenoxy) is 1. The Morgan fingerprint density at radius 1 is 1.09 bits per heavy atom. The quantitative estimate of drug-likeness (QED) is 0.880. The molecule has 2 aromatic rings. The Morgan fingerprint density at radius 2 is 1.77 bits per heavy atom. The molecular formula is C19H26N2O. The lowest BCUT2D eigenvalue weighted by molar-refractivity contribution is 0.402. The minimum atomic E-state index is 0.317. The molecule has 118 valence electrons. The van der Waals surface area contributed by atoms with Gasteiger partial charge >= 0.3 is 0 Å². The van der Waals surface area contributed by atoms with E-state index in [4.69, 9.17) is 4.74 Å². The maximum atomic E-state index is 5.53. The molecule has 2 aromatic carbocycles. The molecule has 0 aliphatic heterocycles. The van der Waals surface area contributed by atoms with Crippen LogP contribution in [-0.4, -0.2) is 33.2 Å². The number of nitrogens with one attached hydrogen (secondary N) is 1. The van der Waals surface area contributed by atoms with Crippen molar-refractivity contribution >= 4 is 0 Å². The molecule has 0 fully saturated rings. The summed E-state index contributed by atoms with van der Waals surface area (Å²) in [6.07, 6.45) is 0. The van der Waals surface area contributed by atoms with Gasteiger partial charge in [0.05, 0.1) is 7.11 Å². The van der Waals surface area contributed by atoms with Crippen LogP contribution in [0, 0.1) is 0 Å². The van der Waals surface area contributed by atoms with E-state index < -0.39 is 0 Å². The number of hydrogen-bond donors (Lipinski definition) is 1. The highest BCUT2D eigenvalue weighted by Crippen LogP contribution is 2.32. The van der Waals surface area contributed by atoms with Gasteiger partial charge in [-0.15, -0.1) is 0 Å². The van der Waals surface area contributed by atoms with Crippen LogP contribution < -0.4 is 10.1 Å². The number of methoxy groups -OCH3 is 1. The largest absolute Gasteiger partial charge is 0.496 e. The average molecular weight is 298 g/mol. The normalized spacial score (nSPS) is 12.5. The minimum Gasteiger partial charge on any atom is -0.496 e. The molecule has 1 atom stereocenters. The summed E-state index contributed by atoms with van der Waals surface area (Å²) in [5.41, 5.74) is 4.89. The smallest absolute Gasteiger partial charge is 0.126 e. The Morgan fingerprint density at radius 3 is 2.32 bits per heavy atom. The van der Waals surface area contributed by atoms with E-state index in [-0.39, 0.29) is 0 Å². The van der Waals surface area contributed by atoms with Crippen LogP contribution >= 0.6 is 0 Å². The fourth-order valence-electron chi connectivity index (χ4n) is 2.54. The van der Waals surface area contributed by atoms with E-state index in [2.05, 4.69) is 67.6 Å². The molecule has 0 saturated carbocycles. The molecule has 1 N–H and O–H groups in total. The van der Waals surface area contributed by atoms with Crippen molar-refractivity contribution in [2.24, 2.45) is 0 Å². The van der Waals surface area contributed by atoms with E-state index in [0.717, 1.165) is 17.9 Å². The van der Waals surface area contributed by atoms with Crippen molar-refractivity contribution in [3.8, 4) is 16.9 Å². The summed E-state index contributed by atoms with van der Waals surface area (Å²) in [4.78, 5) is 2.17. The van der Waals surface area contributed by atoms with Crippen molar-refractivity contribution in [3.05, 3.63) is 53.6 Å². The lowest BCUT2D eigenvalue weighted by Gasteiger charge is -2.16. The highest BCUT2D eigenvalue weighted by molar-refractivity contribution is 5.71. The summed E-state index contributed by atoms with van der Waals surface area (Å²) in [5, 5.41) is 3.28. The first-order valence-electron chi connectivity index (χ1n) is 7.64. The average Bonchev–Trinajstić information content (AvgIpc) is 2.53. The van der Waals surface area contributed by atoms with Gasteiger partial charge in [-0.2, -0.15) is 0 Å². The van der Waals surface area contributed by atoms with Gasteiger partial charge in [-0.05, 0) is 56.9 Å². The van der Waals surface area contributed by atoms with Crippen LogP contribution in [0.5, 0.6) is 5.75 Å². The number of rotatable bonds is 6. The first-order chi connectivity index (χ1) is 10.5. The van der Waals surface area contributed by atoms with Gasteiger partial charge in [-0.3, -0.25) is 0 Å². The van der Waals surface area contributed by atoms with E-state index in [0.29, 0.717) is 6.04 Å². The van der Waals surface area contributed by atoms with Gasteiger partial charge in [-0.25, -0.2) is 0 Å². The van der Waals surface area contributed by atoms with Gasteiger partial charge in [0.1, 0.15) is 5.75 Å². The van der Waals surface area contributed by atoms with E-state index in [1.54, 1.807) is 7.11 Å². The molecule has 2 rings (SSSR count). The van der Waals surface area contributed by atoms with Gasteiger partial charge in [0.25, 0.3) is 0 Å². The number of nitrogens with zero attached hydrogens (tertiary/aromatic N) is 1. The Balaban J connectivity index is 2.37. The van der Waals surface area contributed by atoms with E-state index >= 15 is 0 Å². The topological polar surface area (TPSA) is 24.5 Å². The molecule has 3 nitrogen and oxygen atoms in total.